The van der Waals surface area contributed by atoms with Crippen molar-refractivity contribution in [3.63, 3.8) is 0 Å². The molecule has 0 atom stereocenters. The summed E-state index contributed by atoms with van der Waals surface area (Å²) >= 11 is 0. The van der Waals surface area contributed by atoms with Crippen molar-refractivity contribution in [3.05, 3.63) is 90.3 Å². The summed E-state index contributed by atoms with van der Waals surface area (Å²) in [4.78, 5) is 0. The summed E-state index contributed by atoms with van der Waals surface area (Å²) in [5.74, 6) is 0.209. The summed E-state index contributed by atoms with van der Waals surface area (Å²) in [6, 6.07) is 15.2. The Morgan fingerprint density at radius 3 is 1.89 bits per heavy atom. The van der Waals surface area contributed by atoms with E-state index in [9.17, 15) is 8.78 Å². The highest BCUT2D eigenvalue weighted by atomic mass is 19.2. The van der Waals surface area contributed by atoms with E-state index in [-0.39, 0.29) is 23.6 Å². The van der Waals surface area contributed by atoms with Crippen molar-refractivity contribution < 1.29 is 17.9 Å². The third-order valence-corrected chi connectivity index (χ3v) is 8.85. The van der Waals surface area contributed by atoms with Gasteiger partial charge >= 0.3 is 0 Å². The zero-order valence-corrected chi connectivity index (χ0v) is 21.8. The first kappa shape index (κ1) is 26.7. The summed E-state index contributed by atoms with van der Waals surface area (Å²) in [5.41, 5.74) is 2.88. The maximum absolute atomic E-state index is 15.2. The van der Waals surface area contributed by atoms with E-state index in [4.69, 9.17) is 12.6 Å². The molecule has 5 heteroatoms. The normalized spacial score (nSPS) is 23.7. The number of hydrogen-bond acceptors (Lipinski definition) is 1. The standard InChI is InChI=1S/C33H34BF3O/c1-2-21-3-5-22(6-4-21)23-7-9-24(10-8-23)27-15-16-28(30(35)19-27)25-11-13-26(14-12-25)29-17-18-31(38-20-34)33(37)32(29)36/h2,11-19,21-24H,1,3-10,20H2. The predicted molar refractivity (Wildman–Crippen MR) is 149 cm³/mol. The van der Waals surface area contributed by atoms with Crippen molar-refractivity contribution in [2.75, 3.05) is 6.51 Å². The lowest BCUT2D eigenvalue weighted by atomic mass is 9.68. The molecule has 2 saturated carbocycles. The van der Waals surface area contributed by atoms with Gasteiger partial charge in [0.2, 0.25) is 5.82 Å². The van der Waals surface area contributed by atoms with Crippen molar-refractivity contribution in [2.24, 2.45) is 17.8 Å². The van der Waals surface area contributed by atoms with E-state index < -0.39 is 11.6 Å². The monoisotopic (exact) mass is 514 g/mol. The fraction of sp³-hybridized carbons (Fsp3) is 0.394. The van der Waals surface area contributed by atoms with Crippen LogP contribution < -0.4 is 4.74 Å². The molecule has 0 heterocycles. The Labute approximate surface area is 225 Å². The molecular formula is C33H34BF3O. The van der Waals surface area contributed by atoms with Gasteiger partial charge < -0.3 is 4.74 Å². The molecular weight excluding hydrogens is 480 g/mol. The minimum Gasteiger partial charge on any atom is -0.500 e. The Bertz CT molecular complexity index is 1260. The maximum atomic E-state index is 15.2. The van der Waals surface area contributed by atoms with Gasteiger partial charge in [-0.2, -0.15) is 4.39 Å². The third kappa shape index (κ3) is 5.57. The van der Waals surface area contributed by atoms with Gasteiger partial charge in [0.05, 0.1) is 0 Å². The quantitative estimate of drug-likeness (QED) is 0.226. The van der Waals surface area contributed by atoms with Crippen molar-refractivity contribution >= 4 is 7.85 Å². The highest BCUT2D eigenvalue weighted by Gasteiger charge is 2.31. The predicted octanol–water partition coefficient (Wildman–Crippen LogP) is 9.21. The van der Waals surface area contributed by atoms with E-state index in [1.807, 2.05) is 6.07 Å². The van der Waals surface area contributed by atoms with Gasteiger partial charge in [-0.05, 0) is 110 Å². The van der Waals surface area contributed by atoms with Gasteiger partial charge in [0, 0.05) is 17.6 Å². The van der Waals surface area contributed by atoms with Crippen LogP contribution in [0, 0.1) is 35.2 Å². The van der Waals surface area contributed by atoms with Gasteiger partial charge in [-0.15, -0.1) is 6.58 Å². The number of hydrogen-bond donors (Lipinski definition) is 0. The molecule has 1 nitrogen and oxygen atoms in total. The molecule has 0 unspecified atom stereocenters. The molecule has 0 aliphatic heterocycles. The van der Waals surface area contributed by atoms with Crippen LogP contribution in [0.1, 0.15) is 62.8 Å². The molecule has 2 aliphatic carbocycles. The summed E-state index contributed by atoms with van der Waals surface area (Å²) in [6.07, 6.45) is 12.0. The number of benzene rings is 3. The second-order valence-corrected chi connectivity index (χ2v) is 10.9. The zero-order chi connectivity index (χ0) is 26.6. The van der Waals surface area contributed by atoms with Gasteiger partial charge in [-0.3, -0.25) is 0 Å². The summed E-state index contributed by atoms with van der Waals surface area (Å²) in [7, 11) is 5.26. The van der Waals surface area contributed by atoms with E-state index in [2.05, 4.69) is 18.7 Å². The SMILES string of the molecule is [B]COc1ccc(-c2ccc(-c3ccc(C4CCC(C5CCC(C=C)CC5)CC4)cc3F)cc2)c(F)c1F. The third-order valence-electron chi connectivity index (χ3n) is 8.85. The van der Waals surface area contributed by atoms with Gasteiger partial charge in [-0.1, -0.05) is 42.5 Å². The lowest BCUT2D eigenvalue weighted by Gasteiger charge is -2.37. The van der Waals surface area contributed by atoms with Crippen LogP contribution in [-0.2, 0) is 0 Å². The molecule has 0 amide bonds. The van der Waals surface area contributed by atoms with Crippen LogP contribution in [0.3, 0.4) is 0 Å². The van der Waals surface area contributed by atoms with Crippen molar-refractivity contribution in [1.82, 2.24) is 0 Å². The van der Waals surface area contributed by atoms with Crippen LogP contribution in [0.5, 0.6) is 5.75 Å². The minimum atomic E-state index is -1.08. The molecule has 3 aromatic rings. The Morgan fingerprint density at radius 2 is 1.32 bits per heavy atom. The summed E-state index contributed by atoms with van der Waals surface area (Å²) in [6.45, 7) is 3.72. The van der Waals surface area contributed by atoms with E-state index >= 15 is 4.39 Å². The van der Waals surface area contributed by atoms with Crippen molar-refractivity contribution in [3.8, 4) is 28.0 Å². The fourth-order valence-electron chi connectivity index (χ4n) is 6.58. The Morgan fingerprint density at radius 1 is 0.737 bits per heavy atom. The van der Waals surface area contributed by atoms with E-state index in [1.54, 1.807) is 30.3 Å². The van der Waals surface area contributed by atoms with Gasteiger partial charge in [0.1, 0.15) is 13.7 Å². The highest BCUT2D eigenvalue weighted by Crippen LogP contribution is 2.44. The number of ether oxygens (including phenoxy) is 1. The minimum absolute atomic E-state index is 0.110. The smallest absolute Gasteiger partial charge is 0.201 e. The molecule has 0 N–H and O–H groups in total. The van der Waals surface area contributed by atoms with Gasteiger partial charge in [-0.25, -0.2) is 8.78 Å². The average molecular weight is 514 g/mol. The Kier molecular flexibility index (Phi) is 8.31. The van der Waals surface area contributed by atoms with Gasteiger partial charge in [0.25, 0.3) is 0 Å². The summed E-state index contributed by atoms with van der Waals surface area (Å²) in [5, 5.41) is 0. The number of rotatable bonds is 7. The summed E-state index contributed by atoms with van der Waals surface area (Å²) < 4.78 is 49.0. The van der Waals surface area contributed by atoms with Crippen LogP contribution in [0.4, 0.5) is 13.2 Å². The Hall–Kier alpha value is -2.95. The number of halogens is 3. The lowest BCUT2D eigenvalue weighted by molar-refractivity contribution is 0.171. The lowest BCUT2D eigenvalue weighted by Crippen LogP contribution is -2.25. The zero-order valence-electron chi connectivity index (χ0n) is 21.8. The molecule has 38 heavy (non-hydrogen) atoms. The Balaban J connectivity index is 1.24. The first-order chi connectivity index (χ1) is 18.5. The second-order valence-electron chi connectivity index (χ2n) is 10.9. The van der Waals surface area contributed by atoms with Crippen molar-refractivity contribution in [2.45, 2.75) is 57.3 Å². The number of allylic oxidation sites excluding steroid dienone is 1. The highest BCUT2D eigenvalue weighted by molar-refractivity contribution is 6.08. The maximum Gasteiger partial charge on any atom is 0.201 e. The molecule has 2 radical (unpaired) electrons. The van der Waals surface area contributed by atoms with Crippen LogP contribution in [-0.4, -0.2) is 14.4 Å². The van der Waals surface area contributed by atoms with Crippen LogP contribution in [0.25, 0.3) is 22.3 Å². The second kappa shape index (κ2) is 11.8. The van der Waals surface area contributed by atoms with Crippen LogP contribution in [0.15, 0.2) is 67.3 Å². The molecule has 0 aromatic heterocycles. The molecule has 5 rings (SSSR count). The topological polar surface area (TPSA) is 9.23 Å². The molecule has 2 aliphatic rings. The fourth-order valence-corrected chi connectivity index (χ4v) is 6.58. The molecule has 0 saturated heterocycles. The van der Waals surface area contributed by atoms with Crippen molar-refractivity contribution in [1.29, 1.82) is 0 Å². The largest absolute Gasteiger partial charge is 0.500 e. The average Bonchev–Trinajstić information content (AvgIpc) is 2.96. The molecule has 0 bridgehead atoms. The van der Waals surface area contributed by atoms with Crippen LogP contribution >= 0.6 is 0 Å². The van der Waals surface area contributed by atoms with Gasteiger partial charge in [0.15, 0.2) is 11.6 Å². The first-order valence-electron chi connectivity index (χ1n) is 13.8. The van der Waals surface area contributed by atoms with Crippen LogP contribution in [0.2, 0.25) is 0 Å². The first-order valence-corrected chi connectivity index (χ1v) is 13.8. The van der Waals surface area contributed by atoms with E-state index in [1.165, 1.54) is 50.7 Å². The molecule has 3 aromatic carbocycles. The van der Waals surface area contributed by atoms with E-state index in [0.717, 1.165) is 30.2 Å². The van der Waals surface area contributed by atoms with E-state index in [0.29, 0.717) is 28.5 Å². The molecule has 0 spiro atoms. The molecule has 2 fully saturated rings. The molecule has 196 valence electrons.